The summed E-state index contributed by atoms with van der Waals surface area (Å²) < 4.78 is 23.9. The van der Waals surface area contributed by atoms with Gasteiger partial charge in [0.1, 0.15) is 17.3 Å². The fraction of sp³-hybridized carbons (Fsp3) is 0.364. The summed E-state index contributed by atoms with van der Waals surface area (Å²) in [5.74, 6) is -0.544. The zero-order valence-corrected chi connectivity index (χ0v) is 17.1. The van der Waals surface area contributed by atoms with E-state index in [1.54, 1.807) is 32.2 Å². The Hall–Kier alpha value is -3.13. The highest BCUT2D eigenvalue weighted by atomic mass is 19.1. The number of amides is 2. The van der Waals surface area contributed by atoms with Gasteiger partial charge in [-0.25, -0.2) is 4.39 Å². The highest BCUT2D eigenvalue weighted by Gasteiger charge is 2.56. The molecule has 8 heteroatoms. The molecule has 1 aliphatic heterocycles. The molecule has 2 aromatic rings. The molecular weight excluding hydrogens is 391 g/mol. The smallest absolute Gasteiger partial charge is 0.249 e. The highest BCUT2D eigenvalue weighted by molar-refractivity contribution is 6.07. The molecule has 0 saturated carbocycles. The van der Waals surface area contributed by atoms with Crippen molar-refractivity contribution in [2.75, 3.05) is 25.7 Å². The third-order valence-electron chi connectivity index (χ3n) is 5.60. The second-order valence-electron chi connectivity index (χ2n) is 7.25. The largest absolute Gasteiger partial charge is 0.497 e. The molecule has 2 aromatic carbocycles. The Morgan fingerprint density at radius 2 is 1.93 bits per heavy atom. The number of hydrogen-bond acceptors (Lipinski definition) is 5. The molecule has 2 unspecified atom stereocenters. The molecule has 2 N–H and O–H groups in total. The van der Waals surface area contributed by atoms with E-state index in [4.69, 9.17) is 9.47 Å². The molecule has 0 spiro atoms. The maximum absolute atomic E-state index is 13.4. The minimum atomic E-state index is -1.49. The molecule has 3 rings (SSSR count). The molecular formula is C22H25FN2O5. The van der Waals surface area contributed by atoms with E-state index in [9.17, 15) is 19.1 Å². The number of aliphatic hydroxyl groups excluding tert-OH is 1. The summed E-state index contributed by atoms with van der Waals surface area (Å²) in [6.07, 6.45) is 0.0945. The fourth-order valence-corrected chi connectivity index (χ4v) is 3.88. The van der Waals surface area contributed by atoms with E-state index in [2.05, 4.69) is 5.32 Å². The van der Waals surface area contributed by atoms with Crippen LogP contribution in [0.15, 0.2) is 42.5 Å². The van der Waals surface area contributed by atoms with Crippen molar-refractivity contribution in [3.8, 4) is 11.5 Å². The van der Waals surface area contributed by atoms with E-state index in [1.165, 1.54) is 36.3 Å². The van der Waals surface area contributed by atoms with Gasteiger partial charge >= 0.3 is 0 Å². The minimum Gasteiger partial charge on any atom is -0.497 e. The first-order chi connectivity index (χ1) is 14.4. The van der Waals surface area contributed by atoms with Crippen LogP contribution in [0.1, 0.15) is 18.9 Å². The van der Waals surface area contributed by atoms with Crippen LogP contribution in [0.5, 0.6) is 11.5 Å². The Morgan fingerprint density at radius 1 is 1.23 bits per heavy atom. The van der Waals surface area contributed by atoms with Gasteiger partial charge in [-0.15, -0.1) is 0 Å². The summed E-state index contributed by atoms with van der Waals surface area (Å²) in [5, 5.41) is 13.1. The van der Waals surface area contributed by atoms with Gasteiger partial charge in [-0.3, -0.25) is 14.5 Å². The molecule has 2 amide bonds. The Morgan fingerprint density at radius 3 is 2.53 bits per heavy atom. The Kier molecular flexibility index (Phi) is 6.26. The van der Waals surface area contributed by atoms with E-state index in [0.717, 1.165) is 0 Å². The van der Waals surface area contributed by atoms with Crippen molar-refractivity contribution in [2.45, 2.75) is 25.4 Å². The zero-order valence-electron chi connectivity index (χ0n) is 17.1. The number of hydrogen-bond donors (Lipinski definition) is 2. The van der Waals surface area contributed by atoms with Gasteiger partial charge in [-0.05, 0) is 42.3 Å². The van der Waals surface area contributed by atoms with Crippen LogP contribution in [0.3, 0.4) is 0 Å². The quantitative estimate of drug-likeness (QED) is 0.723. The Labute approximate surface area is 174 Å². The van der Waals surface area contributed by atoms with Crippen molar-refractivity contribution >= 4 is 17.5 Å². The molecule has 160 valence electrons. The Balaban J connectivity index is 1.89. The minimum absolute atomic E-state index is 0.0945. The van der Waals surface area contributed by atoms with Crippen LogP contribution in [0.2, 0.25) is 0 Å². The maximum Gasteiger partial charge on any atom is 0.249 e. The van der Waals surface area contributed by atoms with Crippen LogP contribution in [0, 0.1) is 11.7 Å². The highest BCUT2D eigenvalue weighted by Crippen LogP contribution is 2.40. The summed E-state index contributed by atoms with van der Waals surface area (Å²) in [4.78, 5) is 27.3. The average Bonchev–Trinajstić information content (AvgIpc) is 3.02. The number of rotatable bonds is 7. The predicted molar refractivity (Wildman–Crippen MR) is 109 cm³/mol. The van der Waals surface area contributed by atoms with Crippen LogP contribution < -0.4 is 19.7 Å². The topological polar surface area (TPSA) is 88.1 Å². The number of nitrogens with zero attached hydrogens (tertiary/aromatic N) is 1. The molecule has 1 aliphatic rings. The lowest BCUT2D eigenvalue weighted by atomic mass is 9.85. The van der Waals surface area contributed by atoms with Crippen molar-refractivity contribution in [1.29, 1.82) is 0 Å². The molecule has 0 aromatic heterocycles. The number of carbonyl (C=O) groups is 2. The van der Waals surface area contributed by atoms with Crippen LogP contribution in [0.25, 0.3) is 0 Å². The molecule has 0 radical (unpaired) electrons. The summed E-state index contributed by atoms with van der Waals surface area (Å²) in [5.41, 5.74) is -0.420. The summed E-state index contributed by atoms with van der Waals surface area (Å²) in [6.45, 7) is 1.31. The van der Waals surface area contributed by atoms with Gasteiger partial charge in [0.05, 0.1) is 20.8 Å². The molecule has 0 aliphatic carbocycles. The maximum atomic E-state index is 13.4. The average molecular weight is 416 g/mol. The first-order valence-corrected chi connectivity index (χ1v) is 9.56. The third kappa shape index (κ3) is 3.70. The molecule has 1 heterocycles. The predicted octanol–water partition coefficient (Wildman–Crippen LogP) is 2.26. The first-order valence-electron chi connectivity index (χ1n) is 9.56. The fourth-order valence-electron chi connectivity index (χ4n) is 3.88. The first kappa shape index (κ1) is 21.6. The number of carbonyl (C=O) groups excluding carboxylic acids is 2. The van der Waals surface area contributed by atoms with Crippen LogP contribution in [0.4, 0.5) is 10.1 Å². The summed E-state index contributed by atoms with van der Waals surface area (Å²) in [7, 11) is 3.06. The number of ether oxygens (including phenoxy) is 2. The normalized spacial score (nSPS) is 20.9. The van der Waals surface area contributed by atoms with E-state index < -0.39 is 29.8 Å². The molecule has 2 atom stereocenters. The zero-order chi connectivity index (χ0) is 21.9. The van der Waals surface area contributed by atoms with E-state index in [0.29, 0.717) is 22.7 Å². The monoisotopic (exact) mass is 416 g/mol. The summed E-state index contributed by atoms with van der Waals surface area (Å²) >= 11 is 0. The Bertz CT molecular complexity index is 934. The van der Waals surface area contributed by atoms with Gasteiger partial charge in [0.15, 0.2) is 5.54 Å². The lowest BCUT2D eigenvalue weighted by molar-refractivity contribution is -0.130. The number of anilines is 1. The standard InChI is InChI=1S/C22H25FN2O5/c1-14-10-20(27)25(17-7-5-16(23)6-8-17)22(14,13-26)21(28)24-12-15-4-9-18(29-2)11-19(15)30-3/h4-9,11,14,26H,10,12-13H2,1-3H3,(H,24,28). The molecule has 1 fully saturated rings. The van der Waals surface area contributed by atoms with Crippen molar-refractivity contribution in [3.63, 3.8) is 0 Å². The van der Waals surface area contributed by atoms with Crippen LogP contribution in [-0.4, -0.2) is 43.3 Å². The van der Waals surface area contributed by atoms with E-state index in [1.807, 2.05) is 0 Å². The number of methoxy groups -OCH3 is 2. The SMILES string of the molecule is COc1ccc(CNC(=O)C2(CO)C(C)CC(=O)N2c2ccc(F)cc2)c(OC)c1. The van der Waals surface area contributed by atoms with Gasteiger partial charge in [0.2, 0.25) is 11.8 Å². The molecule has 7 nitrogen and oxygen atoms in total. The van der Waals surface area contributed by atoms with E-state index >= 15 is 0 Å². The van der Waals surface area contributed by atoms with Gasteiger partial charge in [-0.2, -0.15) is 0 Å². The van der Waals surface area contributed by atoms with Crippen molar-refractivity contribution in [1.82, 2.24) is 5.32 Å². The summed E-state index contributed by atoms with van der Waals surface area (Å²) in [6, 6.07) is 10.5. The number of aliphatic hydroxyl groups is 1. The van der Waals surface area contributed by atoms with Crippen molar-refractivity contribution in [2.24, 2.45) is 5.92 Å². The van der Waals surface area contributed by atoms with Crippen molar-refractivity contribution < 1.29 is 28.6 Å². The lowest BCUT2D eigenvalue weighted by Gasteiger charge is -2.38. The number of benzene rings is 2. The van der Waals surface area contributed by atoms with Crippen LogP contribution in [-0.2, 0) is 16.1 Å². The lowest BCUT2D eigenvalue weighted by Crippen LogP contribution is -2.62. The second kappa shape index (κ2) is 8.71. The van der Waals surface area contributed by atoms with Gasteiger partial charge in [0.25, 0.3) is 0 Å². The van der Waals surface area contributed by atoms with Gasteiger partial charge in [-0.1, -0.05) is 6.92 Å². The van der Waals surface area contributed by atoms with Crippen LogP contribution >= 0.6 is 0 Å². The number of halogens is 1. The molecule has 30 heavy (non-hydrogen) atoms. The number of nitrogens with one attached hydrogen (secondary N) is 1. The third-order valence-corrected chi connectivity index (χ3v) is 5.60. The van der Waals surface area contributed by atoms with Gasteiger partial charge < -0.3 is 19.9 Å². The molecule has 0 bridgehead atoms. The molecule has 1 saturated heterocycles. The second-order valence-corrected chi connectivity index (χ2v) is 7.25. The van der Waals surface area contributed by atoms with Gasteiger partial charge in [0, 0.05) is 30.3 Å². The van der Waals surface area contributed by atoms with Crippen molar-refractivity contribution in [3.05, 3.63) is 53.8 Å². The van der Waals surface area contributed by atoms with E-state index in [-0.39, 0.29) is 18.9 Å².